The summed E-state index contributed by atoms with van der Waals surface area (Å²) in [5.41, 5.74) is 2.34. The average Bonchev–Trinajstić information content (AvgIpc) is 2.38. The van der Waals surface area contributed by atoms with Crippen molar-refractivity contribution in [2.24, 2.45) is 0 Å². The van der Waals surface area contributed by atoms with E-state index in [1.54, 1.807) is 0 Å². The van der Waals surface area contributed by atoms with Crippen LogP contribution in [0.5, 0.6) is 5.75 Å². The Balaban J connectivity index is 1.79. The molecule has 94 valence electrons. The molecule has 0 atom stereocenters. The average molecular weight is 306 g/mol. The van der Waals surface area contributed by atoms with E-state index >= 15 is 0 Å². The Morgan fingerprint density at radius 3 is 2.61 bits per heavy atom. The van der Waals surface area contributed by atoms with E-state index in [4.69, 9.17) is 4.74 Å². The molecule has 2 nitrogen and oxygen atoms in total. The van der Waals surface area contributed by atoms with Crippen LogP contribution in [0.1, 0.15) is 5.56 Å². The number of aryl methyl sites for hydroxylation is 1. The molecule has 2 aromatic carbocycles. The minimum absolute atomic E-state index is 0.643. The van der Waals surface area contributed by atoms with Gasteiger partial charge in [0, 0.05) is 16.7 Å². The molecule has 0 spiro atoms. The van der Waals surface area contributed by atoms with Crippen LogP contribution in [0, 0.1) is 6.92 Å². The van der Waals surface area contributed by atoms with Gasteiger partial charge in [0.05, 0.1) is 0 Å². The van der Waals surface area contributed by atoms with Crippen LogP contribution in [-0.4, -0.2) is 13.2 Å². The van der Waals surface area contributed by atoms with Crippen LogP contribution in [0.25, 0.3) is 0 Å². The van der Waals surface area contributed by atoms with Gasteiger partial charge in [-0.3, -0.25) is 0 Å². The van der Waals surface area contributed by atoms with Gasteiger partial charge in [0.2, 0.25) is 0 Å². The maximum atomic E-state index is 5.61. The molecule has 0 aliphatic rings. The molecule has 0 amide bonds. The molecule has 0 radical (unpaired) electrons. The molecule has 18 heavy (non-hydrogen) atoms. The lowest BCUT2D eigenvalue weighted by atomic mass is 10.2. The summed E-state index contributed by atoms with van der Waals surface area (Å²) in [6, 6.07) is 16.1. The number of hydrogen-bond donors (Lipinski definition) is 1. The molecule has 0 saturated heterocycles. The van der Waals surface area contributed by atoms with Crippen molar-refractivity contribution in [2.75, 3.05) is 18.5 Å². The standard InChI is InChI=1S/C15H16BrNO/c1-12-7-8-15(14(16)11-12)17-9-10-18-13-5-3-2-4-6-13/h2-8,11,17H,9-10H2,1H3. The van der Waals surface area contributed by atoms with Gasteiger partial charge in [0.1, 0.15) is 12.4 Å². The van der Waals surface area contributed by atoms with Crippen molar-refractivity contribution in [1.29, 1.82) is 0 Å². The van der Waals surface area contributed by atoms with E-state index in [-0.39, 0.29) is 0 Å². The molecule has 2 aromatic rings. The maximum absolute atomic E-state index is 5.61. The number of hydrogen-bond acceptors (Lipinski definition) is 2. The third-order valence-electron chi connectivity index (χ3n) is 2.55. The Hall–Kier alpha value is -1.48. The first-order chi connectivity index (χ1) is 8.75. The normalized spacial score (nSPS) is 10.1. The van der Waals surface area contributed by atoms with Crippen LogP contribution in [0.3, 0.4) is 0 Å². The van der Waals surface area contributed by atoms with Crippen molar-refractivity contribution in [3.05, 3.63) is 58.6 Å². The third-order valence-corrected chi connectivity index (χ3v) is 3.21. The summed E-state index contributed by atoms with van der Waals surface area (Å²) in [5, 5.41) is 3.34. The van der Waals surface area contributed by atoms with E-state index in [0.29, 0.717) is 6.61 Å². The number of nitrogens with one attached hydrogen (secondary N) is 1. The van der Waals surface area contributed by atoms with Crippen LogP contribution in [0.15, 0.2) is 53.0 Å². The van der Waals surface area contributed by atoms with E-state index in [0.717, 1.165) is 22.5 Å². The summed E-state index contributed by atoms with van der Waals surface area (Å²) in [7, 11) is 0. The quantitative estimate of drug-likeness (QED) is 0.834. The lowest BCUT2D eigenvalue weighted by Crippen LogP contribution is -2.11. The Bertz CT molecular complexity index is 499. The summed E-state index contributed by atoms with van der Waals surface area (Å²) in [6.07, 6.45) is 0. The number of halogens is 1. The molecule has 0 saturated carbocycles. The van der Waals surface area contributed by atoms with Crippen molar-refractivity contribution in [2.45, 2.75) is 6.92 Å². The molecule has 0 aliphatic heterocycles. The first-order valence-electron chi connectivity index (χ1n) is 5.93. The fourth-order valence-corrected chi connectivity index (χ4v) is 2.27. The van der Waals surface area contributed by atoms with Crippen LogP contribution < -0.4 is 10.1 Å². The van der Waals surface area contributed by atoms with Crippen LogP contribution >= 0.6 is 15.9 Å². The maximum Gasteiger partial charge on any atom is 0.119 e. The van der Waals surface area contributed by atoms with Crippen molar-refractivity contribution in [1.82, 2.24) is 0 Å². The van der Waals surface area contributed by atoms with Crippen LogP contribution in [-0.2, 0) is 0 Å². The number of ether oxygens (including phenoxy) is 1. The van der Waals surface area contributed by atoms with E-state index < -0.39 is 0 Å². The second-order valence-electron chi connectivity index (χ2n) is 4.07. The Morgan fingerprint density at radius 1 is 1.11 bits per heavy atom. The van der Waals surface area contributed by atoms with Gasteiger partial charge in [-0.05, 0) is 52.7 Å². The second kappa shape index (κ2) is 6.45. The summed E-state index contributed by atoms with van der Waals surface area (Å²) >= 11 is 3.54. The van der Waals surface area contributed by atoms with Crippen LogP contribution in [0.4, 0.5) is 5.69 Å². The molecular weight excluding hydrogens is 290 g/mol. The highest BCUT2D eigenvalue weighted by molar-refractivity contribution is 9.10. The highest BCUT2D eigenvalue weighted by Gasteiger charge is 1.99. The molecule has 2 rings (SSSR count). The summed E-state index contributed by atoms with van der Waals surface area (Å²) in [4.78, 5) is 0. The lowest BCUT2D eigenvalue weighted by molar-refractivity contribution is 0.333. The highest BCUT2D eigenvalue weighted by Crippen LogP contribution is 2.23. The molecular formula is C15H16BrNO. The number of anilines is 1. The van der Waals surface area contributed by atoms with Gasteiger partial charge < -0.3 is 10.1 Å². The van der Waals surface area contributed by atoms with E-state index in [9.17, 15) is 0 Å². The van der Waals surface area contributed by atoms with Gasteiger partial charge >= 0.3 is 0 Å². The van der Waals surface area contributed by atoms with E-state index in [1.807, 2.05) is 30.3 Å². The lowest BCUT2D eigenvalue weighted by Gasteiger charge is -2.10. The third kappa shape index (κ3) is 3.77. The highest BCUT2D eigenvalue weighted by atomic mass is 79.9. The summed E-state index contributed by atoms with van der Waals surface area (Å²) < 4.78 is 6.70. The zero-order valence-corrected chi connectivity index (χ0v) is 11.9. The fraction of sp³-hybridized carbons (Fsp3) is 0.200. The summed E-state index contributed by atoms with van der Waals surface area (Å²) in [6.45, 7) is 3.49. The van der Waals surface area contributed by atoms with Crippen molar-refractivity contribution < 1.29 is 4.74 Å². The molecule has 0 aromatic heterocycles. The number of rotatable bonds is 5. The first-order valence-corrected chi connectivity index (χ1v) is 6.73. The van der Waals surface area contributed by atoms with Crippen LogP contribution in [0.2, 0.25) is 0 Å². The largest absolute Gasteiger partial charge is 0.492 e. The molecule has 3 heteroatoms. The predicted molar refractivity (Wildman–Crippen MR) is 79.3 cm³/mol. The van der Waals surface area contributed by atoms with Gasteiger partial charge in [0.25, 0.3) is 0 Å². The molecule has 0 fully saturated rings. The van der Waals surface area contributed by atoms with Gasteiger partial charge in [-0.15, -0.1) is 0 Å². The monoisotopic (exact) mass is 305 g/mol. The zero-order valence-electron chi connectivity index (χ0n) is 10.3. The molecule has 0 bridgehead atoms. The van der Waals surface area contributed by atoms with Crippen molar-refractivity contribution in [3.8, 4) is 5.75 Å². The zero-order chi connectivity index (χ0) is 12.8. The van der Waals surface area contributed by atoms with Gasteiger partial charge in [0.15, 0.2) is 0 Å². The van der Waals surface area contributed by atoms with Crippen molar-refractivity contribution >= 4 is 21.6 Å². The number of para-hydroxylation sites is 1. The Kier molecular flexibility index (Phi) is 4.65. The molecule has 1 N–H and O–H groups in total. The van der Waals surface area contributed by atoms with Crippen molar-refractivity contribution in [3.63, 3.8) is 0 Å². The van der Waals surface area contributed by atoms with E-state index in [2.05, 4.69) is 46.4 Å². The van der Waals surface area contributed by atoms with E-state index in [1.165, 1.54) is 5.56 Å². The smallest absolute Gasteiger partial charge is 0.119 e. The second-order valence-corrected chi connectivity index (χ2v) is 4.93. The molecule has 0 heterocycles. The van der Waals surface area contributed by atoms with Gasteiger partial charge in [-0.1, -0.05) is 24.3 Å². The fourth-order valence-electron chi connectivity index (χ4n) is 1.63. The summed E-state index contributed by atoms with van der Waals surface area (Å²) in [5.74, 6) is 0.905. The minimum Gasteiger partial charge on any atom is -0.492 e. The Morgan fingerprint density at radius 2 is 1.89 bits per heavy atom. The first kappa shape index (κ1) is 13.0. The molecule has 0 unspecified atom stereocenters. The molecule has 0 aliphatic carbocycles. The minimum atomic E-state index is 0.643. The SMILES string of the molecule is Cc1ccc(NCCOc2ccccc2)c(Br)c1. The van der Waals surface area contributed by atoms with Gasteiger partial charge in [-0.2, -0.15) is 0 Å². The topological polar surface area (TPSA) is 21.3 Å². The Labute approximate surface area is 116 Å². The van der Waals surface area contributed by atoms with Gasteiger partial charge in [-0.25, -0.2) is 0 Å². The number of benzene rings is 2. The predicted octanol–water partition coefficient (Wildman–Crippen LogP) is 4.25.